The zero-order valence-corrected chi connectivity index (χ0v) is 15.9. The third kappa shape index (κ3) is 4.87. The Labute approximate surface area is 145 Å². The van der Waals surface area contributed by atoms with E-state index in [4.69, 9.17) is 0 Å². The third-order valence-electron chi connectivity index (χ3n) is 4.46. The number of rotatable bonds is 4. The molecule has 134 valence electrons. The fraction of sp³-hybridized carbons (Fsp3) is 0.588. The minimum absolute atomic E-state index is 0.120. The number of nitrogens with zero attached hydrogens (tertiary/aromatic N) is 3. The van der Waals surface area contributed by atoms with E-state index < -0.39 is 9.84 Å². The smallest absolute Gasteiger partial charge is 0.193 e. The molecule has 1 saturated heterocycles. The molecule has 0 saturated carbocycles. The molecule has 1 heterocycles. The van der Waals surface area contributed by atoms with Gasteiger partial charge in [-0.3, -0.25) is 4.99 Å². The van der Waals surface area contributed by atoms with Crippen LogP contribution in [0.15, 0.2) is 23.2 Å². The predicted octanol–water partition coefficient (Wildman–Crippen LogP) is 1.05. The Morgan fingerprint density at radius 2 is 1.88 bits per heavy atom. The van der Waals surface area contributed by atoms with E-state index in [-0.39, 0.29) is 5.75 Å². The van der Waals surface area contributed by atoms with Crippen molar-refractivity contribution in [3.63, 3.8) is 0 Å². The molecule has 0 unspecified atom stereocenters. The summed E-state index contributed by atoms with van der Waals surface area (Å²) in [6, 6.07) is 6.43. The normalized spacial score (nSPS) is 16.4. The van der Waals surface area contributed by atoms with Gasteiger partial charge in [0, 0.05) is 51.7 Å². The lowest BCUT2D eigenvalue weighted by atomic mass is 10.1. The summed E-state index contributed by atoms with van der Waals surface area (Å²) < 4.78 is 22.5. The molecule has 6 nitrogen and oxygen atoms in total. The van der Waals surface area contributed by atoms with Crippen molar-refractivity contribution >= 4 is 21.5 Å². The van der Waals surface area contributed by atoms with Crippen LogP contribution in [-0.2, 0) is 9.84 Å². The van der Waals surface area contributed by atoms with E-state index in [0.29, 0.717) is 6.54 Å². The highest BCUT2D eigenvalue weighted by Gasteiger charge is 2.21. The van der Waals surface area contributed by atoms with Gasteiger partial charge in [0.2, 0.25) is 0 Å². The average molecular weight is 353 g/mol. The van der Waals surface area contributed by atoms with Gasteiger partial charge in [-0.25, -0.2) is 8.42 Å². The summed E-state index contributed by atoms with van der Waals surface area (Å²) in [4.78, 5) is 8.87. The molecule has 1 fully saturated rings. The lowest BCUT2D eigenvalue weighted by molar-refractivity contribution is 0.373. The first kappa shape index (κ1) is 18.6. The number of nitrogens with one attached hydrogen (secondary N) is 1. The molecule has 7 heteroatoms. The van der Waals surface area contributed by atoms with Gasteiger partial charge in [0.05, 0.1) is 5.75 Å². The number of aliphatic imine (C=N–C) groups is 1. The van der Waals surface area contributed by atoms with Gasteiger partial charge in [0.1, 0.15) is 9.84 Å². The molecule has 2 rings (SSSR count). The largest absolute Gasteiger partial charge is 0.368 e. The number of hydrogen-bond donors (Lipinski definition) is 1. The Kier molecular flexibility index (Phi) is 6.10. The van der Waals surface area contributed by atoms with Crippen LogP contribution in [0.25, 0.3) is 0 Å². The summed E-state index contributed by atoms with van der Waals surface area (Å²) in [5.74, 6) is 0.897. The van der Waals surface area contributed by atoms with Crippen LogP contribution in [0.3, 0.4) is 0 Å². The lowest BCUT2D eigenvalue weighted by Gasteiger charge is -2.38. The number of anilines is 1. The zero-order chi connectivity index (χ0) is 17.7. The van der Waals surface area contributed by atoms with E-state index in [0.717, 1.165) is 32.1 Å². The first-order valence-electron chi connectivity index (χ1n) is 8.26. The van der Waals surface area contributed by atoms with Crippen LogP contribution in [0.2, 0.25) is 0 Å². The minimum atomic E-state index is -2.96. The summed E-state index contributed by atoms with van der Waals surface area (Å²) in [6.07, 6.45) is 1.25. The molecule has 1 N–H and O–H groups in total. The Morgan fingerprint density at radius 1 is 1.21 bits per heavy atom. The Bertz CT molecular complexity index is 693. The maximum Gasteiger partial charge on any atom is 0.193 e. The van der Waals surface area contributed by atoms with Crippen molar-refractivity contribution in [1.82, 2.24) is 10.2 Å². The first-order valence-corrected chi connectivity index (χ1v) is 10.3. The molecule has 1 aromatic rings. The van der Waals surface area contributed by atoms with E-state index >= 15 is 0 Å². The maximum atomic E-state index is 11.2. The van der Waals surface area contributed by atoms with Gasteiger partial charge in [-0.2, -0.15) is 0 Å². The van der Waals surface area contributed by atoms with Crippen molar-refractivity contribution in [1.29, 1.82) is 0 Å². The first-order chi connectivity index (χ1) is 11.3. The Balaban J connectivity index is 1.92. The van der Waals surface area contributed by atoms with Gasteiger partial charge in [0.25, 0.3) is 0 Å². The number of piperazine rings is 1. The molecule has 1 aliphatic heterocycles. The van der Waals surface area contributed by atoms with Gasteiger partial charge in [-0.1, -0.05) is 12.1 Å². The molecule has 1 aliphatic rings. The highest BCUT2D eigenvalue weighted by atomic mass is 32.2. The molecule has 24 heavy (non-hydrogen) atoms. The fourth-order valence-electron chi connectivity index (χ4n) is 2.92. The van der Waals surface area contributed by atoms with E-state index in [1.807, 2.05) is 0 Å². The van der Waals surface area contributed by atoms with Crippen LogP contribution in [0.5, 0.6) is 0 Å². The number of aryl methyl sites for hydroxylation is 1. The van der Waals surface area contributed by atoms with E-state index in [2.05, 4.69) is 52.2 Å². The standard InChI is InChI=1S/C17H28N4O2S/c1-14-6-5-7-16(15(14)2)20-9-11-21(12-10-20)17(18-3)19-8-13-24(4,22)23/h5-7H,8-13H2,1-4H3,(H,18,19). The zero-order valence-electron chi connectivity index (χ0n) is 15.0. The number of sulfone groups is 1. The number of benzene rings is 1. The molecule has 0 radical (unpaired) electrons. The second-order valence-corrected chi connectivity index (χ2v) is 8.56. The van der Waals surface area contributed by atoms with Crippen molar-refractivity contribution in [2.75, 3.05) is 56.7 Å². The summed E-state index contributed by atoms with van der Waals surface area (Å²) in [5, 5.41) is 3.15. The highest BCUT2D eigenvalue weighted by molar-refractivity contribution is 7.90. The van der Waals surface area contributed by atoms with E-state index in [1.54, 1.807) is 7.05 Å². The highest BCUT2D eigenvalue weighted by Crippen LogP contribution is 2.23. The average Bonchev–Trinajstić information content (AvgIpc) is 2.54. The van der Waals surface area contributed by atoms with Crippen LogP contribution < -0.4 is 10.2 Å². The minimum Gasteiger partial charge on any atom is -0.368 e. The fourth-order valence-corrected chi connectivity index (χ4v) is 3.39. The second-order valence-electron chi connectivity index (χ2n) is 6.30. The lowest BCUT2D eigenvalue weighted by Crippen LogP contribution is -2.53. The molecular formula is C17H28N4O2S. The molecule has 0 amide bonds. The quantitative estimate of drug-likeness (QED) is 0.648. The van der Waals surface area contributed by atoms with Crippen LogP contribution in [0, 0.1) is 13.8 Å². The third-order valence-corrected chi connectivity index (χ3v) is 5.41. The van der Waals surface area contributed by atoms with Crippen LogP contribution in [0.1, 0.15) is 11.1 Å². The molecular weight excluding hydrogens is 324 g/mol. The monoisotopic (exact) mass is 352 g/mol. The summed E-state index contributed by atoms with van der Waals surface area (Å²) in [6.45, 7) is 8.29. The predicted molar refractivity (Wildman–Crippen MR) is 101 cm³/mol. The van der Waals surface area contributed by atoms with Gasteiger partial charge >= 0.3 is 0 Å². The van der Waals surface area contributed by atoms with Gasteiger partial charge in [-0.05, 0) is 31.0 Å². The van der Waals surface area contributed by atoms with Crippen molar-refractivity contribution in [3.05, 3.63) is 29.3 Å². The topological polar surface area (TPSA) is 65.0 Å². The van der Waals surface area contributed by atoms with Crippen LogP contribution >= 0.6 is 0 Å². The van der Waals surface area contributed by atoms with Gasteiger partial charge < -0.3 is 15.1 Å². The van der Waals surface area contributed by atoms with E-state index in [1.165, 1.54) is 23.1 Å². The molecule has 1 aromatic carbocycles. The van der Waals surface area contributed by atoms with Crippen molar-refractivity contribution in [2.45, 2.75) is 13.8 Å². The van der Waals surface area contributed by atoms with Crippen LogP contribution in [0.4, 0.5) is 5.69 Å². The second kappa shape index (κ2) is 7.88. The maximum absolute atomic E-state index is 11.2. The van der Waals surface area contributed by atoms with Crippen molar-refractivity contribution < 1.29 is 8.42 Å². The summed E-state index contributed by atoms with van der Waals surface area (Å²) in [5.41, 5.74) is 3.95. The molecule has 0 bridgehead atoms. The number of guanidine groups is 1. The van der Waals surface area contributed by atoms with Gasteiger partial charge in [-0.15, -0.1) is 0 Å². The molecule has 0 aliphatic carbocycles. The van der Waals surface area contributed by atoms with Crippen LogP contribution in [-0.4, -0.2) is 71.1 Å². The molecule has 0 spiro atoms. The van der Waals surface area contributed by atoms with Crippen molar-refractivity contribution in [3.8, 4) is 0 Å². The Hall–Kier alpha value is -1.76. The van der Waals surface area contributed by atoms with Gasteiger partial charge in [0.15, 0.2) is 5.96 Å². The molecule has 0 aromatic heterocycles. The van der Waals surface area contributed by atoms with Crippen molar-refractivity contribution in [2.24, 2.45) is 4.99 Å². The summed E-state index contributed by atoms with van der Waals surface area (Å²) >= 11 is 0. The summed E-state index contributed by atoms with van der Waals surface area (Å²) in [7, 11) is -1.22. The SMILES string of the molecule is CN=C(NCCS(C)(=O)=O)N1CCN(c2cccc(C)c2C)CC1. The van der Waals surface area contributed by atoms with E-state index in [9.17, 15) is 8.42 Å². The Morgan fingerprint density at radius 3 is 2.46 bits per heavy atom. The number of hydrogen-bond acceptors (Lipinski definition) is 4. The molecule has 0 atom stereocenters.